The van der Waals surface area contributed by atoms with Crippen LogP contribution in [0.3, 0.4) is 0 Å². The van der Waals surface area contributed by atoms with Gasteiger partial charge >= 0.3 is 11.9 Å². The molecule has 0 aromatic carbocycles. The Morgan fingerprint density at radius 3 is 2.05 bits per heavy atom. The first-order chi connectivity index (χ1) is 17.2. The molecule has 1 aliphatic carbocycles. The fourth-order valence-electron chi connectivity index (χ4n) is 5.75. The number of amides is 2. The van der Waals surface area contributed by atoms with Crippen LogP contribution in [0.2, 0.25) is 0 Å². The van der Waals surface area contributed by atoms with E-state index in [9.17, 15) is 29.4 Å². The standard InChI is InChI=1S/C27H49N3O7/c1-26(2,17-27(3,4)18-9-6-5-7-10-18)15-23(33)30-21(25(36)37)13-14-22(32)29-19(16-31)11-8-12-20(28)24(34)35/h18-21,31H,5-17,28H2,1-4H3,(H,29,32)(H,30,33)(H,34,35)(H,36,37). The molecule has 214 valence electrons. The van der Waals surface area contributed by atoms with Crippen LogP contribution in [0.4, 0.5) is 0 Å². The SMILES string of the molecule is CC(C)(CC(=O)NC(CCC(=O)NC(CO)CCCC(N)C(=O)O)C(=O)O)CC(C)(C)C1CCCCC1. The van der Waals surface area contributed by atoms with Crippen LogP contribution >= 0.6 is 0 Å². The van der Waals surface area contributed by atoms with Crippen molar-refractivity contribution in [2.24, 2.45) is 22.5 Å². The van der Waals surface area contributed by atoms with Gasteiger partial charge in [0.25, 0.3) is 0 Å². The summed E-state index contributed by atoms with van der Waals surface area (Å²) in [6.07, 6.45) is 8.01. The van der Waals surface area contributed by atoms with E-state index < -0.39 is 36.0 Å². The van der Waals surface area contributed by atoms with Crippen LogP contribution in [-0.2, 0) is 19.2 Å². The zero-order valence-electron chi connectivity index (χ0n) is 23.1. The smallest absolute Gasteiger partial charge is 0.326 e. The van der Waals surface area contributed by atoms with Crippen LogP contribution in [0.1, 0.15) is 105 Å². The molecule has 0 aliphatic heterocycles. The van der Waals surface area contributed by atoms with Gasteiger partial charge in [-0.15, -0.1) is 0 Å². The summed E-state index contributed by atoms with van der Waals surface area (Å²) in [5.74, 6) is -2.48. The molecule has 10 heteroatoms. The molecule has 0 aromatic heterocycles. The Balaban J connectivity index is 2.54. The van der Waals surface area contributed by atoms with Crippen molar-refractivity contribution < 1.29 is 34.5 Å². The molecule has 3 atom stereocenters. The molecule has 0 aromatic rings. The highest BCUT2D eigenvalue weighted by molar-refractivity contribution is 5.84. The number of carboxylic acids is 2. The molecule has 1 saturated carbocycles. The molecule has 10 nitrogen and oxygen atoms in total. The number of aliphatic hydroxyl groups is 1. The van der Waals surface area contributed by atoms with Crippen molar-refractivity contribution in [3.8, 4) is 0 Å². The van der Waals surface area contributed by atoms with Crippen LogP contribution in [0.5, 0.6) is 0 Å². The molecule has 1 rings (SSSR count). The van der Waals surface area contributed by atoms with Gasteiger partial charge in [-0.3, -0.25) is 14.4 Å². The fraction of sp³-hybridized carbons (Fsp3) is 0.852. The third-order valence-corrected chi connectivity index (χ3v) is 7.55. The first-order valence-corrected chi connectivity index (χ1v) is 13.6. The Kier molecular flexibility index (Phi) is 13.5. The number of rotatable bonds is 17. The van der Waals surface area contributed by atoms with Gasteiger partial charge < -0.3 is 31.7 Å². The second kappa shape index (κ2) is 15.3. The highest BCUT2D eigenvalue weighted by atomic mass is 16.4. The lowest BCUT2D eigenvalue weighted by molar-refractivity contribution is -0.142. The number of aliphatic carboxylic acids is 2. The predicted octanol–water partition coefficient (Wildman–Crippen LogP) is 2.81. The maximum Gasteiger partial charge on any atom is 0.326 e. The maximum absolute atomic E-state index is 12.8. The molecule has 0 bridgehead atoms. The number of carbonyl (C=O) groups excluding carboxylic acids is 2. The summed E-state index contributed by atoms with van der Waals surface area (Å²) in [7, 11) is 0. The largest absolute Gasteiger partial charge is 0.480 e. The van der Waals surface area contributed by atoms with E-state index in [2.05, 4.69) is 24.5 Å². The van der Waals surface area contributed by atoms with Crippen molar-refractivity contribution in [1.82, 2.24) is 10.6 Å². The van der Waals surface area contributed by atoms with Crippen molar-refractivity contribution in [2.45, 2.75) is 123 Å². The zero-order chi connectivity index (χ0) is 28.2. The normalized spacial score (nSPS) is 17.5. The van der Waals surface area contributed by atoms with Gasteiger partial charge in [0.1, 0.15) is 12.1 Å². The number of aliphatic hydroxyl groups excluding tert-OH is 1. The zero-order valence-corrected chi connectivity index (χ0v) is 23.1. The molecule has 0 heterocycles. The van der Waals surface area contributed by atoms with E-state index in [4.69, 9.17) is 10.8 Å². The summed E-state index contributed by atoms with van der Waals surface area (Å²) in [5.41, 5.74) is 5.25. The molecular formula is C27H49N3O7. The first kappa shape index (κ1) is 32.8. The van der Waals surface area contributed by atoms with Gasteiger partial charge in [0.15, 0.2) is 0 Å². The fourth-order valence-corrected chi connectivity index (χ4v) is 5.75. The highest BCUT2D eigenvalue weighted by Gasteiger charge is 2.37. The molecular weight excluding hydrogens is 478 g/mol. The average Bonchev–Trinajstić information content (AvgIpc) is 2.80. The van der Waals surface area contributed by atoms with Crippen LogP contribution in [0.25, 0.3) is 0 Å². The van der Waals surface area contributed by atoms with Crippen molar-refractivity contribution >= 4 is 23.8 Å². The topological polar surface area (TPSA) is 179 Å². The van der Waals surface area contributed by atoms with Gasteiger partial charge in [0, 0.05) is 12.8 Å². The van der Waals surface area contributed by atoms with Crippen LogP contribution < -0.4 is 16.4 Å². The summed E-state index contributed by atoms with van der Waals surface area (Å²) in [5, 5.41) is 33.1. The Morgan fingerprint density at radius 1 is 0.892 bits per heavy atom. The van der Waals surface area contributed by atoms with Gasteiger partial charge in [-0.2, -0.15) is 0 Å². The lowest BCUT2D eigenvalue weighted by Crippen LogP contribution is -2.44. The van der Waals surface area contributed by atoms with Gasteiger partial charge in [-0.1, -0.05) is 47.0 Å². The van der Waals surface area contributed by atoms with E-state index >= 15 is 0 Å². The summed E-state index contributed by atoms with van der Waals surface area (Å²) < 4.78 is 0. The van der Waals surface area contributed by atoms with E-state index in [0.717, 1.165) is 6.42 Å². The molecule has 7 N–H and O–H groups in total. The van der Waals surface area contributed by atoms with E-state index in [-0.39, 0.29) is 49.0 Å². The number of hydrogen-bond acceptors (Lipinski definition) is 6. The molecule has 1 aliphatic rings. The lowest BCUT2D eigenvalue weighted by Gasteiger charge is -2.42. The summed E-state index contributed by atoms with van der Waals surface area (Å²) >= 11 is 0. The third kappa shape index (κ3) is 12.7. The van der Waals surface area contributed by atoms with Crippen molar-refractivity contribution in [1.29, 1.82) is 0 Å². The molecule has 2 amide bonds. The monoisotopic (exact) mass is 527 g/mol. The van der Waals surface area contributed by atoms with E-state index in [1.54, 1.807) is 0 Å². The Bertz CT molecular complexity index is 763. The minimum absolute atomic E-state index is 0.0804. The maximum atomic E-state index is 12.8. The van der Waals surface area contributed by atoms with Crippen molar-refractivity contribution in [2.75, 3.05) is 6.61 Å². The Hall–Kier alpha value is -2.20. The number of nitrogens with one attached hydrogen (secondary N) is 2. The molecule has 1 fully saturated rings. The number of carbonyl (C=O) groups is 4. The Morgan fingerprint density at radius 2 is 1.51 bits per heavy atom. The molecule has 0 spiro atoms. The van der Waals surface area contributed by atoms with Crippen molar-refractivity contribution in [3.05, 3.63) is 0 Å². The lowest BCUT2D eigenvalue weighted by atomic mass is 9.63. The minimum Gasteiger partial charge on any atom is -0.480 e. The second-order valence-corrected chi connectivity index (χ2v) is 12.2. The summed E-state index contributed by atoms with van der Waals surface area (Å²) in [6.45, 7) is 8.28. The van der Waals surface area contributed by atoms with Crippen LogP contribution in [-0.4, -0.2) is 63.8 Å². The van der Waals surface area contributed by atoms with Crippen LogP contribution in [0.15, 0.2) is 0 Å². The van der Waals surface area contributed by atoms with E-state index in [1.165, 1.54) is 32.1 Å². The van der Waals surface area contributed by atoms with Crippen LogP contribution in [0, 0.1) is 16.7 Å². The number of carboxylic acid groups (broad SMARTS) is 2. The Labute approximate surface area is 221 Å². The average molecular weight is 528 g/mol. The van der Waals surface area contributed by atoms with Crippen molar-refractivity contribution in [3.63, 3.8) is 0 Å². The van der Waals surface area contributed by atoms with Gasteiger partial charge in [0.05, 0.1) is 12.6 Å². The van der Waals surface area contributed by atoms with E-state index in [0.29, 0.717) is 18.8 Å². The van der Waals surface area contributed by atoms with Gasteiger partial charge in [-0.05, 0) is 61.7 Å². The molecule has 0 radical (unpaired) electrons. The first-order valence-electron chi connectivity index (χ1n) is 13.6. The second-order valence-electron chi connectivity index (χ2n) is 12.2. The number of nitrogens with two attached hydrogens (primary N) is 1. The van der Waals surface area contributed by atoms with Gasteiger partial charge in [-0.25, -0.2) is 4.79 Å². The molecule has 37 heavy (non-hydrogen) atoms. The molecule has 3 unspecified atom stereocenters. The minimum atomic E-state index is -1.21. The van der Waals surface area contributed by atoms with E-state index in [1.807, 2.05) is 13.8 Å². The summed E-state index contributed by atoms with van der Waals surface area (Å²) in [6, 6.07) is -2.78. The quantitative estimate of drug-likeness (QED) is 0.167. The number of hydrogen-bond donors (Lipinski definition) is 6. The highest BCUT2D eigenvalue weighted by Crippen LogP contribution is 2.46. The summed E-state index contributed by atoms with van der Waals surface area (Å²) in [4.78, 5) is 47.6. The third-order valence-electron chi connectivity index (χ3n) is 7.55. The predicted molar refractivity (Wildman–Crippen MR) is 141 cm³/mol. The van der Waals surface area contributed by atoms with Gasteiger partial charge in [0.2, 0.25) is 11.8 Å². The molecule has 0 saturated heterocycles.